The molecule has 0 fully saturated rings. The molecule has 0 saturated heterocycles. The van der Waals surface area contributed by atoms with Crippen molar-refractivity contribution in [2.24, 2.45) is 0 Å². The number of nitriles is 1. The lowest BCUT2D eigenvalue weighted by molar-refractivity contribution is 0.103. The number of nitrogen functional groups attached to an aromatic ring is 1. The Morgan fingerprint density at radius 2 is 2.00 bits per heavy atom. The molecule has 2 aromatic carbocycles. The van der Waals surface area contributed by atoms with Crippen LogP contribution in [-0.2, 0) is 0 Å². The molecule has 0 saturated carbocycles. The van der Waals surface area contributed by atoms with E-state index in [1.807, 2.05) is 0 Å². The number of rotatable bonds is 2. The SMILES string of the molecule is N#Cc1ccc2[nH]cc(C(=O)c3cc(N)ccc3Br)c2c1. The van der Waals surface area contributed by atoms with Gasteiger partial charge in [-0.05, 0) is 36.4 Å². The first-order valence-corrected chi connectivity index (χ1v) is 7.00. The number of halogens is 1. The van der Waals surface area contributed by atoms with Crippen LogP contribution in [0.5, 0.6) is 0 Å². The Kier molecular flexibility index (Phi) is 3.24. The van der Waals surface area contributed by atoms with E-state index < -0.39 is 0 Å². The van der Waals surface area contributed by atoms with Crippen molar-refractivity contribution >= 4 is 38.3 Å². The fourth-order valence-electron chi connectivity index (χ4n) is 2.24. The molecule has 0 bridgehead atoms. The van der Waals surface area contributed by atoms with E-state index in [1.54, 1.807) is 42.6 Å². The number of nitrogens with zero attached hydrogens (tertiary/aromatic N) is 1. The van der Waals surface area contributed by atoms with Gasteiger partial charge in [0.05, 0.1) is 11.6 Å². The molecule has 0 unspecified atom stereocenters. The minimum absolute atomic E-state index is 0.143. The third kappa shape index (κ3) is 2.30. The second-order valence-corrected chi connectivity index (χ2v) is 5.50. The number of H-pyrrole nitrogens is 1. The van der Waals surface area contributed by atoms with Crippen LogP contribution in [0.15, 0.2) is 47.1 Å². The van der Waals surface area contributed by atoms with E-state index in [2.05, 4.69) is 27.0 Å². The molecule has 1 aromatic heterocycles. The van der Waals surface area contributed by atoms with Crippen molar-refractivity contribution in [1.82, 2.24) is 4.98 Å². The van der Waals surface area contributed by atoms with Crippen molar-refractivity contribution in [1.29, 1.82) is 5.26 Å². The number of hydrogen-bond acceptors (Lipinski definition) is 3. The van der Waals surface area contributed by atoms with Crippen molar-refractivity contribution < 1.29 is 4.79 Å². The van der Waals surface area contributed by atoms with Gasteiger partial charge in [-0.15, -0.1) is 0 Å². The van der Waals surface area contributed by atoms with Crippen LogP contribution in [0.2, 0.25) is 0 Å². The summed E-state index contributed by atoms with van der Waals surface area (Å²) in [7, 11) is 0. The number of aromatic nitrogens is 1. The average molecular weight is 340 g/mol. The molecule has 0 aliphatic heterocycles. The quantitative estimate of drug-likeness (QED) is 0.552. The second-order valence-electron chi connectivity index (χ2n) is 4.64. The molecule has 3 rings (SSSR count). The third-order valence-corrected chi connectivity index (χ3v) is 3.98. The lowest BCUT2D eigenvalue weighted by Gasteiger charge is -2.04. The first-order chi connectivity index (χ1) is 10.1. The van der Waals surface area contributed by atoms with Gasteiger partial charge in [0.15, 0.2) is 5.78 Å². The summed E-state index contributed by atoms with van der Waals surface area (Å²) >= 11 is 3.37. The van der Waals surface area contributed by atoms with Gasteiger partial charge in [-0.1, -0.05) is 15.9 Å². The lowest BCUT2D eigenvalue weighted by atomic mass is 10.0. The smallest absolute Gasteiger partial charge is 0.196 e. The molecule has 0 amide bonds. The van der Waals surface area contributed by atoms with Crippen LogP contribution in [0.3, 0.4) is 0 Å². The Balaban J connectivity index is 2.18. The molecule has 0 atom stereocenters. The summed E-state index contributed by atoms with van der Waals surface area (Å²) in [5, 5.41) is 9.72. The van der Waals surface area contributed by atoms with Crippen LogP contribution in [0.1, 0.15) is 21.5 Å². The number of aromatic amines is 1. The number of carbonyl (C=O) groups excluding carboxylic acids is 1. The summed E-state index contributed by atoms with van der Waals surface area (Å²) in [6.45, 7) is 0. The van der Waals surface area contributed by atoms with Crippen LogP contribution in [0.4, 0.5) is 5.69 Å². The molecule has 4 nitrogen and oxygen atoms in total. The Labute approximate surface area is 129 Å². The number of ketones is 1. The van der Waals surface area contributed by atoms with Gasteiger partial charge in [-0.25, -0.2) is 0 Å². The topological polar surface area (TPSA) is 82.7 Å². The number of nitrogens with two attached hydrogens (primary N) is 1. The van der Waals surface area contributed by atoms with Crippen molar-refractivity contribution in [3.63, 3.8) is 0 Å². The number of nitrogens with one attached hydrogen (secondary N) is 1. The highest BCUT2D eigenvalue weighted by Crippen LogP contribution is 2.27. The Morgan fingerprint density at radius 1 is 1.19 bits per heavy atom. The zero-order chi connectivity index (χ0) is 15.0. The highest BCUT2D eigenvalue weighted by molar-refractivity contribution is 9.10. The van der Waals surface area contributed by atoms with Crippen LogP contribution in [0.25, 0.3) is 10.9 Å². The fraction of sp³-hybridized carbons (Fsp3) is 0. The number of hydrogen-bond donors (Lipinski definition) is 2. The van der Waals surface area contributed by atoms with Gasteiger partial charge in [0, 0.05) is 38.4 Å². The van der Waals surface area contributed by atoms with E-state index in [9.17, 15) is 4.79 Å². The van der Waals surface area contributed by atoms with Crippen molar-refractivity contribution in [3.05, 3.63) is 63.8 Å². The van der Waals surface area contributed by atoms with Crippen LogP contribution >= 0.6 is 15.9 Å². The van der Waals surface area contributed by atoms with Gasteiger partial charge >= 0.3 is 0 Å². The highest BCUT2D eigenvalue weighted by atomic mass is 79.9. The van der Waals surface area contributed by atoms with Crippen LogP contribution in [-0.4, -0.2) is 10.8 Å². The normalized spacial score (nSPS) is 10.5. The predicted molar refractivity (Wildman–Crippen MR) is 85.0 cm³/mol. The highest BCUT2D eigenvalue weighted by Gasteiger charge is 2.17. The zero-order valence-corrected chi connectivity index (χ0v) is 12.4. The third-order valence-electron chi connectivity index (χ3n) is 3.29. The molecule has 0 spiro atoms. The molecular weight excluding hydrogens is 330 g/mol. The van der Waals surface area contributed by atoms with Gasteiger partial charge < -0.3 is 10.7 Å². The number of carbonyl (C=O) groups is 1. The van der Waals surface area contributed by atoms with Crippen LogP contribution < -0.4 is 5.73 Å². The maximum Gasteiger partial charge on any atom is 0.196 e. The van der Waals surface area contributed by atoms with E-state index in [1.165, 1.54) is 0 Å². The predicted octanol–water partition coefficient (Wildman–Crippen LogP) is 3.62. The first-order valence-electron chi connectivity index (χ1n) is 6.21. The molecule has 21 heavy (non-hydrogen) atoms. The van der Waals surface area contributed by atoms with E-state index >= 15 is 0 Å². The van der Waals surface area contributed by atoms with Gasteiger partial charge in [-0.2, -0.15) is 5.26 Å². The van der Waals surface area contributed by atoms with E-state index in [0.29, 0.717) is 26.9 Å². The van der Waals surface area contributed by atoms with Crippen LogP contribution in [0, 0.1) is 11.3 Å². The number of fused-ring (bicyclic) bond motifs is 1. The molecule has 1 heterocycles. The minimum atomic E-state index is -0.143. The van der Waals surface area contributed by atoms with Crippen molar-refractivity contribution in [2.75, 3.05) is 5.73 Å². The molecular formula is C16H10BrN3O. The summed E-state index contributed by atoms with van der Waals surface area (Å²) in [4.78, 5) is 15.8. The number of anilines is 1. The van der Waals surface area contributed by atoms with E-state index in [4.69, 9.17) is 11.0 Å². The molecule has 0 aliphatic carbocycles. The Morgan fingerprint density at radius 3 is 2.76 bits per heavy atom. The standard InChI is InChI=1S/C16H10BrN3O/c17-14-3-2-10(19)6-12(14)16(21)13-8-20-15-4-1-9(7-18)5-11(13)15/h1-6,8,20H,19H2. The summed E-state index contributed by atoms with van der Waals surface area (Å²) < 4.78 is 0.687. The zero-order valence-electron chi connectivity index (χ0n) is 10.9. The molecule has 5 heteroatoms. The lowest BCUT2D eigenvalue weighted by Crippen LogP contribution is -2.02. The fourth-order valence-corrected chi connectivity index (χ4v) is 2.67. The van der Waals surface area contributed by atoms with Gasteiger partial charge in [-0.3, -0.25) is 4.79 Å². The second kappa shape index (κ2) is 5.08. The first kappa shape index (κ1) is 13.4. The Hall–Kier alpha value is -2.58. The maximum absolute atomic E-state index is 12.7. The number of benzene rings is 2. The van der Waals surface area contributed by atoms with Gasteiger partial charge in [0.1, 0.15) is 0 Å². The monoisotopic (exact) mass is 339 g/mol. The van der Waals surface area contributed by atoms with Gasteiger partial charge in [0.25, 0.3) is 0 Å². The molecule has 0 aliphatic rings. The molecule has 3 N–H and O–H groups in total. The summed E-state index contributed by atoms with van der Waals surface area (Å²) in [6.07, 6.45) is 1.66. The van der Waals surface area contributed by atoms with Crippen molar-refractivity contribution in [3.8, 4) is 6.07 Å². The Bertz CT molecular complexity index is 906. The minimum Gasteiger partial charge on any atom is -0.399 e. The van der Waals surface area contributed by atoms with Crippen molar-refractivity contribution in [2.45, 2.75) is 0 Å². The van der Waals surface area contributed by atoms with E-state index in [0.717, 1.165) is 10.9 Å². The molecule has 0 radical (unpaired) electrons. The summed E-state index contributed by atoms with van der Waals surface area (Å²) in [5.74, 6) is -0.143. The largest absolute Gasteiger partial charge is 0.399 e. The molecule has 102 valence electrons. The summed E-state index contributed by atoms with van der Waals surface area (Å²) in [6, 6.07) is 12.4. The summed E-state index contributed by atoms with van der Waals surface area (Å²) in [5.41, 5.74) is 8.63. The molecule has 3 aromatic rings. The van der Waals surface area contributed by atoms with E-state index in [-0.39, 0.29) is 5.78 Å². The maximum atomic E-state index is 12.7. The average Bonchev–Trinajstić information content (AvgIpc) is 2.91. The van der Waals surface area contributed by atoms with Gasteiger partial charge in [0.2, 0.25) is 0 Å².